The van der Waals surface area contributed by atoms with Crippen molar-refractivity contribution in [3.63, 3.8) is 0 Å². The van der Waals surface area contributed by atoms with E-state index in [0.717, 1.165) is 5.56 Å². The molecule has 0 aliphatic rings. The van der Waals surface area contributed by atoms with Gasteiger partial charge in [0.15, 0.2) is 5.13 Å². The third-order valence-corrected chi connectivity index (χ3v) is 2.91. The van der Waals surface area contributed by atoms with Crippen LogP contribution < -0.4 is 15.8 Å². The first kappa shape index (κ1) is 12.3. The van der Waals surface area contributed by atoms with E-state index in [-0.39, 0.29) is 5.91 Å². The molecule has 0 saturated heterocycles. The standard InChI is InChI=1S/C11H12N4O2S/c1-17-10-7(3-2-4-13-10)5-14-9(16)8-6-18-11(12)15-8/h2-4,6H,5H2,1H3,(H2,12,15)(H,14,16). The number of ether oxygens (including phenoxy) is 1. The smallest absolute Gasteiger partial charge is 0.271 e. The number of rotatable bonds is 4. The lowest BCUT2D eigenvalue weighted by molar-refractivity contribution is 0.0946. The Labute approximate surface area is 108 Å². The summed E-state index contributed by atoms with van der Waals surface area (Å²) in [6, 6.07) is 3.62. The molecule has 0 spiro atoms. The van der Waals surface area contributed by atoms with Crippen LogP contribution in [-0.2, 0) is 6.54 Å². The van der Waals surface area contributed by atoms with Crippen molar-refractivity contribution in [1.82, 2.24) is 15.3 Å². The molecule has 94 valence electrons. The molecule has 2 rings (SSSR count). The van der Waals surface area contributed by atoms with Crippen LogP contribution in [0.4, 0.5) is 5.13 Å². The SMILES string of the molecule is COc1ncccc1CNC(=O)c1csc(N)n1. The summed E-state index contributed by atoms with van der Waals surface area (Å²) in [6.07, 6.45) is 1.63. The Balaban J connectivity index is 2.01. The van der Waals surface area contributed by atoms with Gasteiger partial charge in [-0.25, -0.2) is 9.97 Å². The number of hydrogen-bond acceptors (Lipinski definition) is 6. The first-order valence-electron chi connectivity index (χ1n) is 5.18. The molecule has 2 aromatic heterocycles. The van der Waals surface area contributed by atoms with E-state index in [1.165, 1.54) is 18.4 Å². The lowest BCUT2D eigenvalue weighted by Crippen LogP contribution is -2.23. The highest BCUT2D eigenvalue weighted by Gasteiger charge is 2.10. The monoisotopic (exact) mass is 264 g/mol. The van der Waals surface area contributed by atoms with Crippen LogP contribution in [0.25, 0.3) is 0 Å². The molecule has 0 atom stereocenters. The molecular weight excluding hydrogens is 252 g/mol. The molecule has 0 saturated carbocycles. The minimum absolute atomic E-state index is 0.270. The van der Waals surface area contributed by atoms with Gasteiger partial charge in [-0.2, -0.15) is 0 Å². The molecule has 18 heavy (non-hydrogen) atoms. The van der Waals surface area contributed by atoms with Gasteiger partial charge in [-0.15, -0.1) is 11.3 Å². The van der Waals surface area contributed by atoms with Crippen molar-refractivity contribution in [3.05, 3.63) is 35.0 Å². The molecule has 0 aliphatic heterocycles. The lowest BCUT2D eigenvalue weighted by atomic mass is 10.2. The van der Waals surface area contributed by atoms with E-state index < -0.39 is 0 Å². The Morgan fingerprint density at radius 3 is 3.11 bits per heavy atom. The third kappa shape index (κ3) is 2.75. The van der Waals surface area contributed by atoms with Crippen LogP contribution >= 0.6 is 11.3 Å². The highest BCUT2D eigenvalue weighted by Crippen LogP contribution is 2.14. The number of nitrogens with one attached hydrogen (secondary N) is 1. The average Bonchev–Trinajstić information content (AvgIpc) is 2.83. The zero-order valence-electron chi connectivity index (χ0n) is 9.71. The number of aromatic nitrogens is 2. The number of hydrogen-bond donors (Lipinski definition) is 2. The van der Waals surface area contributed by atoms with Gasteiger partial charge >= 0.3 is 0 Å². The maximum absolute atomic E-state index is 11.7. The number of nitrogen functional groups attached to an aromatic ring is 1. The van der Waals surface area contributed by atoms with Crippen molar-refractivity contribution >= 4 is 22.4 Å². The summed E-state index contributed by atoms with van der Waals surface area (Å²) in [5.41, 5.74) is 6.59. The maximum Gasteiger partial charge on any atom is 0.271 e. The van der Waals surface area contributed by atoms with Crippen LogP contribution in [0.1, 0.15) is 16.1 Å². The molecule has 0 radical (unpaired) electrons. The van der Waals surface area contributed by atoms with Gasteiger partial charge in [0.1, 0.15) is 5.69 Å². The largest absolute Gasteiger partial charge is 0.481 e. The van der Waals surface area contributed by atoms with Crippen molar-refractivity contribution in [2.75, 3.05) is 12.8 Å². The molecule has 0 unspecified atom stereocenters. The van der Waals surface area contributed by atoms with Crippen LogP contribution in [-0.4, -0.2) is 23.0 Å². The maximum atomic E-state index is 11.7. The highest BCUT2D eigenvalue weighted by atomic mass is 32.1. The number of nitrogens with two attached hydrogens (primary N) is 1. The van der Waals surface area contributed by atoms with Crippen molar-refractivity contribution in [1.29, 1.82) is 0 Å². The zero-order chi connectivity index (χ0) is 13.0. The average molecular weight is 264 g/mol. The van der Waals surface area contributed by atoms with Gasteiger partial charge in [0.05, 0.1) is 7.11 Å². The molecular formula is C11H12N4O2S. The van der Waals surface area contributed by atoms with Crippen molar-refractivity contribution in [2.45, 2.75) is 6.54 Å². The van der Waals surface area contributed by atoms with E-state index in [4.69, 9.17) is 10.5 Å². The van der Waals surface area contributed by atoms with Gasteiger partial charge in [-0.3, -0.25) is 4.79 Å². The summed E-state index contributed by atoms with van der Waals surface area (Å²) in [5.74, 6) is 0.226. The summed E-state index contributed by atoms with van der Waals surface area (Å²) in [5, 5.41) is 4.72. The predicted molar refractivity (Wildman–Crippen MR) is 68.5 cm³/mol. The predicted octanol–water partition coefficient (Wildman–Crippen LogP) is 1.06. The van der Waals surface area contributed by atoms with E-state index in [1.807, 2.05) is 6.07 Å². The minimum atomic E-state index is -0.270. The number of thiazole rings is 1. The molecule has 1 amide bonds. The first-order valence-corrected chi connectivity index (χ1v) is 6.05. The molecule has 2 aromatic rings. The van der Waals surface area contributed by atoms with Crippen LogP contribution in [0.15, 0.2) is 23.7 Å². The summed E-state index contributed by atoms with van der Waals surface area (Å²) >= 11 is 1.23. The van der Waals surface area contributed by atoms with E-state index in [9.17, 15) is 4.79 Å². The second kappa shape index (κ2) is 5.46. The number of nitrogens with zero attached hydrogens (tertiary/aromatic N) is 2. The normalized spacial score (nSPS) is 10.1. The zero-order valence-corrected chi connectivity index (χ0v) is 10.5. The van der Waals surface area contributed by atoms with Gasteiger partial charge in [0.25, 0.3) is 5.91 Å². The molecule has 6 nitrogen and oxygen atoms in total. The Kier molecular flexibility index (Phi) is 3.73. The van der Waals surface area contributed by atoms with Crippen LogP contribution in [0, 0.1) is 0 Å². The fraction of sp³-hybridized carbons (Fsp3) is 0.182. The Hall–Kier alpha value is -2.15. The Bertz CT molecular complexity index is 555. The summed E-state index contributed by atoms with van der Waals surface area (Å²) < 4.78 is 5.09. The van der Waals surface area contributed by atoms with E-state index in [1.54, 1.807) is 17.6 Å². The molecule has 3 N–H and O–H groups in total. The highest BCUT2D eigenvalue weighted by molar-refractivity contribution is 7.13. The fourth-order valence-electron chi connectivity index (χ4n) is 1.40. The van der Waals surface area contributed by atoms with E-state index in [2.05, 4.69) is 15.3 Å². The lowest BCUT2D eigenvalue weighted by Gasteiger charge is -2.07. The van der Waals surface area contributed by atoms with Crippen LogP contribution in [0.3, 0.4) is 0 Å². The van der Waals surface area contributed by atoms with Gasteiger partial charge < -0.3 is 15.8 Å². The third-order valence-electron chi connectivity index (χ3n) is 2.24. The number of carbonyl (C=O) groups is 1. The molecule has 0 aromatic carbocycles. The van der Waals surface area contributed by atoms with Crippen molar-refractivity contribution < 1.29 is 9.53 Å². The summed E-state index contributed by atoms with van der Waals surface area (Å²) in [4.78, 5) is 19.7. The summed E-state index contributed by atoms with van der Waals surface area (Å²) in [6.45, 7) is 0.327. The fourth-order valence-corrected chi connectivity index (χ4v) is 1.94. The summed E-state index contributed by atoms with van der Waals surface area (Å²) in [7, 11) is 1.54. The number of anilines is 1. The second-order valence-corrected chi connectivity index (χ2v) is 4.32. The second-order valence-electron chi connectivity index (χ2n) is 3.43. The topological polar surface area (TPSA) is 90.1 Å². The molecule has 7 heteroatoms. The number of pyridine rings is 1. The van der Waals surface area contributed by atoms with Gasteiger partial charge in [-0.05, 0) is 6.07 Å². The molecule has 0 bridgehead atoms. The molecule has 2 heterocycles. The van der Waals surface area contributed by atoms with Crippen LogP contribution in [0.5, 0.6) is 5.88 Å². The number of amides is 1. The number of carbonyl (C=O) groups excluding carboxylic acids is 1. The molecule has 0 fully saturated rings. The van der Waals surface area contributed by atoms with Crippen molar-refractivity contribution in [3.8, 4) is 5.88 Å². The first-order chi connectivity index (χ1) is 8.70. The van der Waals surface area contributed by atoms with E-state index in [0.29, 0.717) is 23.3 Å². The number of methoxy groups -OCH3 is 1. The van der Waals surface area contributed by atoms with Crippen molar-refractivity contribution in [2.24, 2.45) is 0 Å². The van der Waals surface area contributed by atoms with E-state index >= 15 is 0 Å². The van der Waals surface area contributed by atoms with Crippen LogP contribution in [0.2, 0.25) is 0 Å². The molecule has 0 aliphatic carbocycles. The van der Waals surface area contributed by atoms with Gasteiger partial charge in [0.2, 0.25) is 5.88 Å². The quantitative estimate of drug-likeness (QED) is 0.861. The van der Waals surface area contributed by atoms with Gasteiger partial charge in [-0.1, -0.05) is 6.07 Å². The Morgan fingerprint density at radius 1 is 1.61 bits per heavy atom. The minimum Gasteiger partial charge on any atom is -0.481 e. The van der Waals surface area contributed by atoms with Gasteiger partial charge in [0, 0.05) is 23.7 Å². The Morgan fingerprint density at radius 2 is 2.44 bits per heavy atom.